The van der Waals surface area contributed by atoms with E-state index in [9.17, 15) is 4.39 Å². The van der Waals surface area contributed by atoms with Gasteiger partial charge in [-0.3, -0.25) is 0 Å². The molecule has 94 valence electrons. The lowest BCUT2D eigenvalue weighted by atomic mass is 10.1. The Morgan fingerprint density at radius 2 is 1.89 bits per heavy atom. The van der Waals surface area contributed by atoms with Crippen LogP contribution in [0, 0.1) is 12.7 Å². The van der Waals surface area contributed by atoms with Crippen LogP contribution < -0.4 is 5.32 Å². The van der Waals surface area contributed by atoms with Crippen molar-refractivity contribution in [2.45, 2.75) is 19.9 Å². The Morgan fingerprint density at radius 3 is 2.50 bits per heavy atom. The van der Waals surface area contributed by atoms with Gasteiger partial charge in [-0.25, -0.2) is 4.39 Å². The highest BCUT2D eigenvalue weighted by molar-refractivity contribution is 6.30. The van der Waals surface area contributed by atoms with Gasteiger partial charge in [0.15, 0.2) is 5.15 Å². The van der Waals surface area contributed by atoms with Crippen molar-refractivity contribution in [3.8, 4) is 0 Å². The molecule has 1 heterocycles. The Morgan fingerprint density at radius 1 is 1.22 bits per heavy atom. The van der Waals surface area contributed by atoms with Crippen molar-refractivity contribution in [1.29, 1.82) is 0 Å². The van der Waals surface area contributed by atoms with Gasteiger partial charge in [0.05, 0.1) is 6.04 Å². The third-order valence-electron chi connectivity index (χ3n) is 2.66. The number of aromatic nitrogens is 2. The zero-order valence-corrected chi connectivity index (χ0v) is 10.9. The maximum absolute atomic E-state index is 12.8. The minimum atomic E-state index is -0.243. The summed E-state index contributed by atoms with van der Waals surface area (Å²) in [5.74, 6) is 0.404. The first-order valence-electron chi connectivity index (χ1n) is 5.58. The van der Waals surface area contributed by atoms with Gasteiger partial charge in [0.2, 0.25) is 0 Å². The maximum Gasteiger partial charge on any atom is 0.154 e. The van der Waals surface area contributed by atoms with E-state index in [0.29, 0.717) is 11.0 Å². The van der Waals surface area contributed by atoms with Crippen molar-refractivity contribution in [3.63, 3.8) is 0 Å². The Balaban J connectivity index is 2.13. The van der Waals surface area contributed by atoms with Gasteiger partial charge in [0, 0.05) is 0 Å². The second-order valence-corrected chi connectivity index (χ2v) is 4.48. The van der Waals surface area contributed by atoms with Crippen LogP contribution in [0.25, 0.3) is 0 Å². The van der Waals surface area contributed by atoms with Crippen molar-refractivity contribution in [3.05, 3.63) is 52.4 Å². The first-order valence-corrected chi connectivity index (χ1v) is 5.96. The predicted octanol–water partition coefficient (Wildman–Crippen LogP) is 3.75. The standard InChI is InChI=1S/C13H13ClFN3/c1-8-7-12(17-18-13(8)14)16-9(2)10-3-5-11(15)6-4-10/h3-7,9H,1-2H3,(H,16,17)/t9-/m0/s1. The summed E-state index contributed by atoms with van der Waals surface area (Å²) in [7, 11) is 0. The zero-order valence-electron chi connectivity index (χ0n) is 10.1. The van der Waals surface area contributed by atoms with E-state index in [2.05, 4.69) is 15.5 Å². The second-order valence-electron chi connectivity index (χ2n) is 4.12. The quantitative estimate of drug-likeness (QED) is 0.918. The smallest absolute Gasteiger partial charge is 0.154 e. The van der Waals surface area contributed by atoms with Crippen LogP contribution in [0.5, 0.6) is 0 Å². The average Bonchev–Trinajstić information content (AvgIpc) is 2.34. The van der Waals surface area contributed by atoms with Gasteiger partial charge >= 0.3 is 0 Å². The molecule has 0 unspecified atom stereocenters. The van der Waals surface area contributed by atoms with Gasteiger partial charge in [0.25, 0.3) is 0 Å². The fourth-order valence-electron chi connectivity index (χ4n) is 1.60. The number of nitrogens with one attached hydrogen (secondary N) is 1. The molecule has 0 saturated carbocycles. The molecular weight excluding hydrogens is 253 g/mol. The van der Waals surface area contributed by atoms with Crippen LogP contribution in [0.2, 0.25) is 5.15 Å². The normalized spacial score (nSPS) is 12.2. The van der Waals surface area contributed by atoms with E-state index in [1.807, 2.05) is 19.9 Å². The number of aryl methyl sites for hydroxylation is 1. The fourth-order valence-corrected chi connectivity index (χ4v) is 1.69. The van der Waals surface area contributed by atoms with E-state index in [1.54, 1.807) is 12.1 Å². The van der Waals surface area contributed by atoms with E-state index in [4.69, 9.17) is 11.6 Å². The molecule has 0 saturated heterocycles. The van der Waals surface area contributed by atoms with Crippen LogP contribution in [-0.4, -0.2) is 10.2 Å². The van der Waals surface area contributed by atoms with Gasteiger partial charge in [-0.1, -0.05) is 23.7 Å². The van der Waals surface area contributed by atoms with Gasteiger partial charge in [-0.15, -0.1) is 10.2 Å². The minimum Gasteiger partial charge on any atom is -0.362 e. The Kier molecular flexibility index (Phi) is 3.77. The molecule has 0 aliphatic rings. The van der Waals surface area contributed by atoms with Gasteiger partial charge in [-0.2, -0.15) is 0 Å². The summed E-state index contributed by atoms with van der Waals surface area (Å²) in [5.41, 5.74) is 1.84. The van der Waals surface area contributed by atoms with Crippen LogP contribution in [0.15, 0.2) is 30.3 Å². The summed E-state index contributed by atoms with van der Waals surface area (Å²) in [5, 5.41) is 11.4. The van der Waals surface area contributed by atoms with Crippen LogP contribution >= 0.6 is 11.6 Å². The predicted molar refractivity (Wildman–Crippen MR) is 70.2 cm³/mol. The SMILES string of the molecule is Cc1cc(N[C@@H](C)c2ccc(F)cc2)nnc1Cl. The summed E-state index contributed by atoms with van der Waals surface area (Å²) in [6.07, 6.45) is 0. The molecule has 1 aromatic carbocycles. The number of hydrogen-bond acceptors (Lipinski definition) is 3. The number of nitrogens with zero attached hydrogens (tertiary/aromatic N) is 2. The average molecular weight is 266 g/mol. The number of rotatable bonds is 3. The second kappa shape index (κ2) is 5.31. The molecular formula is C13H13ClFN3. The number of anilines is 1. The van der Waals surface area contributed by atoms with Crippen LogP contribution in [0.3, 0.4) is 0 Å². The third kappa shape index (κ3) is 2.96. The largest absolute Gasteiger partial charge is 0.362 e. The maximum atomic E-state index is 12.8. The summed E-state index contributed by atoms with van der Waals surface area (Å²) >= 11 is 5.81. The highest BCUT2D eigenvalue weighted by atomic mass is 35.5. The summed E-state index contributed by atoms with van der Waals surface area (Å²) in [6.45, 7) is 3.84. The lowest BCUT2D eigenvalue weighted by Gasteiger charge is -2.14. The third-order valence-corrected chi connectivity index (χ3v) is 3.03. The van der Waals surface area contributed by atoms with Crippen LogP contribution in [0.1, 0.15) is 24.1 Å². The Bertz CT molecular complexity index is 542. The minimum absolute atomic E-state index is 0.0143. The first-order chi connectivity index (χ1) is 8.56. The van der Waals surface area contributed by atoms with Crippen molar-refractivity contribution in [2.24, 2.45) is 0 Å². The molecule has 1 N–H and O–H groups in total. The number of hydrogen-bond donors (Lipinski definition) is 1. The molecule has 1 atom stereocenters. The molecule has 0 spiro atoms. The molecule has 0 fully saturated rings. The van der Waals surface area contributed by atoms with Gasteiger partial charge in [-0.05, 0) is 43.2 Å². The van der Waals surface area contributed by atoms with E-state index in [-0.39, 0.29) is 11.9 Å². The van der Waals surface area contributed by atoms with Crippen molar-refractivity contribution >= 4 is 17.4 Å². The fraction of sp³-hybridized carbons (Fsp3) is 0.231. The lowest BCUT2D eigenvalue weighted by Crippen LogP contribution is -2.08. The molecule has 5 heteroatoms. The zero-order chi connectivity index (χ0) is 13.1. The number of halogens is 2. The summed E-state index contributed by atoms with van der Waals surface area (Å²) < 4.78 is 12.8. The lowest BCUT2D eigenvalue weighted by molar-refractivity contribution is 0.626. The topological polar surface area (TPSA) is 37.8 Å². The van der Waals surface area contributed by atoms with Crippen LogP contribution in [0.4, 0.5) is 10.2 Å². The van der Waals surface area contributed by atoms with Gasteiger partial charge < -0.3 is 5.32 Å². The summed E-state index contributed by atoms with van der Waals surface area (Å²) in [4.78, 5) is 0. The van der Waals surface area contributed by atoms with Crippen LogP contribution in [-0.2, 0) is 0 Å². The molecule has 0 radical (unpaired) electrons. The van der Waals surface area contributed by atoms with Crippen molar-refractivity contribution < 1.29 is 4.39 Å². The molecule has 0 bridgehead atoms. The first kappa shape index (κ1) is 12.8. The molecule has 0 amide bonds. The molecule has 18 heavy (non-hydrogen) atoms. The Hall–Kier alpha value is -1.68. The van der Waals surface area contributed by atoms with E-state index < -0.39 is 0 Å². The molecule has 1 aromatic heterocycles. The molecule has 2 rings (SSSR count). The van der Waals surface area contributed by atoms with Crippen molar-refractivity contribution in [2.75, 3.05) is 5.32 Å². The molecule has 0 aliphatic heterocycles. The van der Waals surface area contributed by atoms with E-state index in [0.717, 1.165) is 11.1 Å². The van der Waals surface area contributed by atoms with E-state index in [1.165, 1.54) is 12.1 Å². The van der Waals surface area contributed by atoms with Crippen molar-refractivity contribution in [1.82, 2.24) is 10.2 Å². The number of benzene rings is 1. The highest BCUT2D eigenvalue weighted by Crippen LogP contribution is 2.20. The molecule has 0 aliphatic carbocycles. The molecule has 3 nitrogen and oxygen atoms in total. The Labute approximate surface area is 110 Å². The highest BCUT2D eigenvalue weighted by Gasteiger charge is 2.07. The monoisotopic (exact) mass is 265 g/mol. The van der Waals surface area contributed by atoms with Gasteiger partial charge in [0.1, 0.15) is 11.6 Å². The molecule has 2 aromatic rings. The van der Waals surface area contributed by atoms with E-state index >= 15 is 0 Å². The summed E-state index contributed by atoms with van der Waals surface area (Å²) in [6, 6.07) is 8.20.